The lowest BCUT2D eigenvalue weighted by molar-refractivity contribution is -0.121. The fourth-order valence-corrected chi connectivity index (χ4v) is 2.02. The Balaban J connectivity index is 2.29. The number of hydrogen-bond acceptors (Lipinski definition) is 4. The van der Waals surface area contributed by atoms with Crippen molar-refractivity contribution in [1.82, 2.24) is 5.32 Å². The van der Waals surface area contributed by atoms with Crippen LogP contribution in [0.4, 0.5) is 0 Å². The molecule has 3 N–H and O–H groups in total. The third kappa shape index (κ3) is 4.47. The van der Waals surface area contributed by atoms with Gasteiger partial charge in [0.15, 0.2) is 0 Å². The molecule has 5 heteroatoms. The van der Waals surface area contributed by atoms with Crippen LogP contribution in [0.25, 0.3) is 0 Å². The highest BCUT2D eigenvalue weighted by atomic mass is 16.5. The minimum Gasteiger partial charge on any atom is -0.383 e. The number of rotatable bonds is 7. The molecule has 0 spiro atoms. The lowest BCUT2D eigenvalue weighted by Gasteiger charge is -2.22. The monoisotopic (exact) mass is 230 g/mol. The first-order valence-corrected chi connectivity index (χ1v) is 5.79. The maximum absolute atomic E-state index is 11.1. The number of amides is 1. The zero-order valence-corrected chi connectivity index (χ0v) is 10.1. The number of hydrogen-bond donors (Lipinski definition) is 2. The first-order chi connectivity index (χ1) is 7.63. The van der Waals surface area contributed by atoms with E-state index >= 15 is 0 Å². The van der Waals surface area contributed by atoms with Crippen molar-refractivity contribution in [2.75, 3.05) is 20.3 Å². The summed E-state index contributed by atoms with van der Waals surface area (Å²) in [4.78, 5) is 11.1. The fourth-order valence-electron chi connectivity index (χ4n) is 2.02. The molecule has 94 valence electrons. The summed E-state index contributed by atoms with van der Waals surface area (Å²) in [6.45, 7) is 3.20. The summed E-state index contributed by atoms with van der Waals surface area (Å²) in [6.07, 6.45) is 3.47. The van der Waals surface area contributed by atoms with Crippen LogP contribution < -0.4 is 11.1 Å². The van der Waals surface area contributed by atoms with Crippen molar-refractivity contribution in [3.63, 3.8) is 0 Å². The molecule has 1 aliphatic heterocycles. The third-order valence-corrected chi connectivity index (χ3v) is 2.80. The van der Waals surface area contributed by atoms with Gasteiger partial charge in [-0.15, -0.1) is 0 Å². The van der Waals surface area contributed by atoms with Gasteiger partial charge in [0.05, 0.1) is 12.7 Å². The van der Waals surface area contributed by atoms with E-state index in [1.54, 1.807) is 7.11 Å². The zero-order chi connectivity index (χ0) is 12.0. The van der Waals surface area contributed by atoms with Crippen molar-refractivity contribution in [2.24, 2.45) is 5.73 Å². The molecule has 5 nitrogen and oxygen atoms in total. The summed E-state index contributed by atoms with van der Waals surface area (Å²) in [5, 5.41) is 3.16. The van der Waals surface area contributed by atoms with Gasteiger partial charge in [-0.05, 0) is 26.2 Å². The molecule has 0 bridgehead atoms. The SMILES string of the molecule is COCC(NC(C)CC1CCCO1)C(N)=O. The quantitative estimate of drug-likeness (QED) is 0.647. The van der Waals surface area contributed by atoms with Gasteiger partial charge in [0.1, 0.15) is 6.04 Å². The van der Waals surface area contributed by atoms with Gasteiger partial charge in [-0.3, -0.25) is 4.79 Å². The second-order valence-corrected chi connectivity index (χ2v) is 4.35. The Labute approximate surface area is 96.7 Å². The van der Waals surface area contributed by atoms with Crippen molar-refractivity contribution < 1.29 is 14.3 Å². The largest absolute Gasteiger partial charge is 0.383 e. The molecule has 1 heterocycles. The Bertz CT molecular complexity index is 217. The maximum atomic E-state index is 11.1. The van der Waals surface area contributed by atoms with Crippen LogP contribution in [0.5, 0.6) is 0 Å². The van der Waals surface area contributed by atoms with Gasteiger partial charge in [-0.2, -0.15) is 0 Å². The van der Waals surface area contributed by atoms with E-state index in [1.807, 2.05) is 6.92 Å². The van der Waals surface area contributed by atoms with Crippen LogP contribution in [-0.2, 0) is 14.3 Å². The second kappa shape index (κ2) is 6.83. The molecule has 0 aromatic heterocycles. The van der Waals surface area contributed by atoms with Crippen molar-refractivity contribution in [3.05, 3.63) is 0 Å². The average Bonchev–Trinajstić information content (AvgIpc) is 2.69. The molecule has 1 rings (SSSR count). The molecule has 1 aliphatic rings. The average molecular weight is 230 g/mol. The van der Waals surface area contributed by atoms with Crippen molar-refractivity contribution in [2.45, 2.75) is 44.4 Å². The Kier molecular flexibility index (Phi) is 5.73. The number of nitrogens with one attached hydrogen (secondary N) is 1. The summed E-state index contributed by atoms with van der Waals surface area (Å²) in [5.41, 5.74) is 5.27. The molecule has 0 aromatic rings. The molecule has 1 fully saturated rings. The van der Waals surface area contributed by atoms with Crippen LogP contribution in [0.3, 0.4) is 0 Å². The maximum Gasteiger partial charge on any atom is 0.236 e. The highest BCUT2D eigenvalue weighted by molar-refractivity contribution is 5.80. The summed E-state index contributed by atoms with van der Waals surface area (Å²) >= 11 is 0. The fraction of sp³-hybridized carbons (Fsp3) is 0.909. The van der Waals surface area contributed by atoms with E-state index in [9.17, 15) is 4.79 Å². The molecule has 3 unspecified atom stereocenters. The van der Waals surface area contributed by atoms with E-state index in [1.165, 1.54) is 0 Å². The number of primary amides is 1. The summed E-state index contributed by atoms with van der Waals surface area (Å²) in [7, 11) is 1.56. The first-order valence-electron chi connectivity index (χ1n) is 5.79. The van der Waals surface area contributed by atoms with Gasteiger partial charge in [0.2, 0.25) is 5.91 Å². The van der Waals surface area contributed by atoms with Gasteiger partial charge < -0.3 is 20.5 Å². The number of methoxy groups -OCH3 is 1. The van der Waals surface area contributed by atoms with Crippen LogP contribution in [0.15, 0.2) is 0 Å². The molecule has 3 atom stereocenters. The van der Waals surface area contributed by atoms with Gasteiger partial charge in [0, 0.05) is 19.8 Å². The molecule has 1 amide bonds. The molecule has 0 saturated carbocycles. The smallest absolute Gasteiger partial charge is 0.236 e. The second-order valence-electron chi connectivity index (χ2n) is 4.35. The number of carbonyl (C=O) groups is 1. The molecule has 16 heavy (non-hydrogen) atoms. The van der Waals surface area contributed by atoms with E-state index in [4.69, 9.17) is 15.2 Å². The third-order valence-electron chi connectivity index (χ3n) is 2.80. The molecule has 0 aliphatic carbocycles. The van der Waals surface area contributed by atoms with Crippen LogP contribution in [0, 0.1) is 0 Å². The predicted octanol–water partition coefficient (Wildman–Crippen LogP) is 0.0339. The Morgan fingerprint density at radius 1 is 1.69 bits per heavy atom. The van der Waals surface area contributed by atoms with Crippen molar-refractivity contribution in [3.8, 4) is 0 Å². The van der Waals surface area contributed by atoms with E-state index in [0.717, 1.165) is 25.9 Å². The Morgan fingerprint density at radius 2 is 2.44 bits per heavy atom. The van der Waals surface area contributed by atoms with Crippen molar-refractivity contribution >= 4 is 5.91 Å². The van der Waals surface area contributed by atoms with Crippen LogP contribution in [0.2, 0.25) is 0 Å². The van der Waals surface area contributed by atoms with Crippen LogP contribution in [-0.4, -0.2) is 44.4 Å². The summed E-state index contributed by atoms with van der Waals surface area (Å²) < 4.78 is 10.5. The Hall–Kier alpha value is -0.650. The van der Waals surface area contributed by atoms with Gasteiger partial charge >= 0.3 is 0 Å². The normalized spacial score (nSPS) is 24.2. The standard InChI is InChI=1S/C11H22N2O3/c1-8(6-9-4-3-5-16-9)13-10(7-15-2)11(12)14/h8-10,13H,3-7H2,1-2H3,(H2,12,14). The molecular formula is C11H22N2O3. The lowest BCUT2D eigenvalue weighted by atomic mass is 10.1. The van der Waals surface area contributed by atoms with E-state index < -0.39 is 6.04 Å². The Morgan fingerprint density at radius 3 is 2.94 bits per heavy atom. The van der Waals surface area contributed by atoms with Gasteiger partial charge in [0.25, 0.3) is 0 Å². The zero-order valence-electron chi connectivity index (χ0n) is 10.1. The summed E-state index contributed by atoms with van der Waals surface area (Å²) in [5.74, 6) is -0.374. The minimum atomic E-state index is -0.415. The predicted molar refractivity (Wildman–Crippen MR) is 61.0 cm³/mol. The van der Waals surface area contributed by atoms with Crippen LogP contribution >= 0.6 is 0 Å². The number of nitrogens with two attached hydrogens (primary N) is 1. The van der Waals surface area contributed by atoms with E-state index in [0.29, 0.717) is 12.7 Å². The van der Waals surface area contributed by atoms with E-state index in [2.05, 4.69) is 5.32 Å². The van der Waals surface area contributed by atoms with Crippen LogP contribution in [0.1, 0.15) is 26.2 Å². The highest BCUT2D eigenvalue weighted by Crippen LogP contribution is 2.16. The van der Waals surface area contributed by atoms with Gasteiger partial charge in [-0.1, -0.05) is 0 Å². The number of ether oxygens (including phenoxy) is 2. The topological polar surface area (TPSA) is 73.6 Å². The minimum absolute atomic E-state index is 0.204. The molecular weight excluding hydrogens is 208 g/mol. The number of carbonyl (C=O) groups excluding carboxylic acids is 1. The summed E-state index contributed by atoms with van der Waals surface area (Å²) in [6, 6.07) is -0.211. The highest BCUT2D eigenvalue weighted by Gasteiger charge is 2.22. The van der Waals surface area contributed by atoms with E-state index in [-0.39, 0.29) is 11.9 Å². The first kappa shape index (κ1) is 13.4. The lowest BCUT2D eigenvalue weighted by Crippen LogP contribution is -2.48. The van der Waals surface area contributed by atoms with Gasteiger partial charge in [-0.25, -0.2) is 0 Å². The van der Waals surface area contributed by atoms with Crippen molar-refractivity contribution in [1.29, 1.82) is 0 Å². The molecule has 1 saturated heterocycles. The molecule has 0 aromatic carbocycles. The molecule has 0 radical (unpaired) electrons.